The molecule has 3 heteroatoms. The average Bonchev–Trinajstić information content (AvgIpc) is 2.48. The van der Waals surface area contributed by atoms with Gasteiger partial charge in [-0.3, -0.25) is 9.69 Å². The van der Waals surface area contributed by atoms with Crippen molar-refractivity contribution < 1.29 is 4.79 Å². The molecule has 22 heavy (non-hydrogen) atoms. The molecule has 0 unspecified atom stereocenters. The quantitative estimate of drug-likeness (QED) is 0.832. The zero-order valence-electron chi connectivity index (χ0n) is 14.0. The molecule has 1 heterocycles. The Labute approximate surface area is 134 Å². The van der Waals surface area contributed by atoms with Crippen LogP contribution in [0, 0.1) is 0 Å². The van der Waals surface area contributed by atoms with Gasteiger partial charge in [-0.2, -0.15) is 0 Å². The summed E-state index contributed by atoms with van der Waals surface area (Å²) in [6, 6.07) is 11.0. The lowest BCUT2D eigenvalue weighted by Crippen LogP contribution is -2.58. The molecule has 1 aliphatic heterocycles. The Hall–Kier alpha value is -1.61. The van der Waals surface area contributed by atoms with Gasteiger partial charge in [0, 0.05) is 38.1 Å². The normalized spacial score (nSPS) is 23.1. The summed E-state index contributed by atoms with van der Waals surface area (Å²) < 4.78 is 0. The van der Waals surface area contributed by atoms with E-state index in [0.29, 0.717) is 24.4 Å². The number of nitrogens with zero attached hydrogens (tertiary/aromatic N) is 2. The van der Waals surface area contributed by atoms with Gasteiger partial charge in [0.15, 0.2) is 0 Å². The van der Waals surface area contributed by atoms with Crippen molar-refractivity contribution in [3.63, 3.8) is 0 Å². The van der Waals surface area contributed by atoms with Gasteiger partial charge >= 0.3 is 0 Å². The SMILES string of the molecule is CCCC(=O)N1[C@@H](C)CN(C/C=C/c2ccccc2)C[C@@H]1C. The van der Waals surface area contributed by atoms with Crippen LogP contribution in [-0.4, -0.2) is 47.4 Å². The molecule has 0 aliphatic carbocycles. The molecule has 1 fully saturated rings. The maximum atomic E-state index is 12.2. The van der Waals surface area contributed by atoms with Gasteiger partial charge in [-0.15, -0.1) is 0 Å². The summed E-state index contributed by atoms with van der Waals surface area (Å²) >= 11 is 0. The van der Waals surface area contributed by atoms with Crippen molar-refractivity contribution in [2.45, 2.75) is 45.7 Å². The third-order valence-electron chi connectivity index (χ3n) is 4.22. The van der Waals surface area contributed by atoms with Crippen LogP contribution in [0.4, 0.5) is 0 Å². The van der Waals surface area contributed by atoms with Crippen molar-refractivity contribution in [3.8, 4) is 0 Å². The van der Waals surface area contributed by atoms with Crippen molar-refractivity contribution in [1.29, 1.82) is 0 Å². The first kappa shape index (κ1) is 16.8. The Balaban J connectivity index is 1.88. The van der Waals surface area contributed by atoms with Gasteiger partial charge in [0.2, 0.25) is 5.91 Å². The Kier molecular flexibility index (Phi) is 6.20. The lowest BCUT2D eigenvalue weighted by molar-refractivity contribution is -0.138. The number of benzene rings is 1. The summed E-state index contributed by atoms with van der Waals surface area (Å²) in [5.74, 6) is 0.307. The van der Waals surface area contributed by atoms with E-state index in [4.69, 9.17) is 0 Å². The standard InChI is InChI=1S/C19H28N2O/c1-4-9-19(22)21-16(2)14-20(15-17(21)3)13-8-12-18-10-6-5-7-11-18/h5-8,10-12,16-17H,4,9,13-15H2,1-3H3/b12-8+/t16-,17-/m0/s1. The number of amides is 1. The molecule has 0 bridgehead atoms. The summed E-state index contributed by atoms with van der Waals surface area (Å²) in [6.07, 6.45) is 5.99. The van der Waals surface area contributed by atoms with Crippen LogP contribution in [0.3, 0.4) is 0 Å². The molecule has 1 amide bonds. The van der Waals surface area contributed by atoms with Gasteiger partial charge in [-0.25, -0.2) is 0 Å². The number of hydrogen-bond acceptors (Lipinski definition) is 2. The molecule has 120 valence electrons. The highest BCUT2D eigenvalue weighted by atomic mass is 16.2. The van der Waals surface area contributed by atoms with Gasteiger partial charge in [-0.05, 0) is 25.8 Å². The average molecular weight is 300 g/mol. The largest absolute Gasteiger partial charge is 0.335 e. The molecule has 3 nitrogen and oxygen atoms in total. The molecule has 0 radical (unpaired) electrons. The molecule has 0 aromatic heterocycles. The molecule has 1 aromatic carbocycles. The van der Waals surface area contributed by atoms with Crippen LogP contribution in [0.15, 0.2) is 36.4 Å². The van der Waals surface area contributed by atoms with Crippen molar-refractivity contribution in [2.75, 3.05) is 19.6 Å². The molecule has 1 aliphatic rings. The summed E-state index contributed by atoms with van der Waals surface area (Å²) in [7, 11) is 0. The number of carbonyl (C=O) groups is 1. The van der Waals surface area contributed by atoms with Crippen molar-refractivity contribution >= 4 is 12.0 Å². The van der Waals surface area contributed by atoms with E-state index in [2.05, 4.69) is 67.0 Å². The second-order valence-corrected chi connectivity index (χ2v) is 6.28. The van der Waals surface area contributed by atoms with E-state index >= 15 is 0 Å². The molecule has 1 aromatic rings. The number of hydrogen-bond donors (Lipinski definition) is 0. The number of rotatable bonds is 5. The highest BCUT2D eigenvalue weighted by Gasteiger charge is 2.31. The topological polar surface area (TPSA) is 23.6 Å². The van der Waals surface area contributed by atoms with E-state index < -0.39 is 0 Å². The second kappa shape index (κ2) is 8.14. The first-order valence-corrected chi connectivity index (χ1v) is 8.37. The van der Waals surface area contributed by atoms with Crippen LogP contribution >= 0.6 is 0 Å². The lowest BCUT2D eigenvalue weighted by atomic mass is 10.1. The van der Waals surface area contributed by atoms with E-state index in [9.17, 15) is 4.79 Å². The monoisotopic (exact) mass is 300 g/mol. The van der Waals surface area contributed by atoms with E-state index in [-0.39, 0.29) is 0 Å². The fraction of sp³-hybridized carbons (Fsp3) is 0.526. The Bertz CT molecular complexity index is 485. The zero-order valence-corrected chi connectivity index (χ0v) is 14.0. The Morgan fingerprint density at radius 2 is 1.82 bits per heavy atom. The smallest absolute Gasteiger partial charge is 0.223 e. The van der Waals surface area contributed by atoms with Crippen LogP contribution in [0.2, 0.25) is 0 Å². The minimum Gasteiger partial charge on any atom is -0.335 e. The van der Waals surface area contributed by atoms with E-state index in [1.54, 1.807) is 0 Å². The van der Waals surface area contributed by atoms with Gasteiger partial charge in [-0.1, -0.05) is 49.4 Å². The minimum atomic E-state index is 0.299. The predicted molar refractivity (Wildman–Crippen MR) is 92.6 cm³/mol. The molecule has 2 rings (SSSR count). The molecule has 1 saturated heterocycles. The number of piperazine rings is 1. The third kappa shape index (κ3) is 4.44. The summed E-state index contributed by atoms with van der Waals surface area (Å²) in [5, 5.41) is 0. The molecular weight excluding hydrogens is 272 g/mol. The van der Waals surface area contributed by atoms with Gasteiger partial charge in [0.05, 0.1) is 0 Å². The van der Waals surface area contributed by atoms with Crippen LogP contribution < -0.4 is 0 Å². The van der Waals surface area contributed by atoms with E-state index in [1.807, 2.05) is 6.07 Å². The third-order valence-corrected chi connectivity index (χ3v) is 4.22. The summed E-state index contributed by atoms with van der Waals surface area (Å²) in [4.78, 5) is 16.7. The maximum Gasteiger partial charge on any atom is 0.223 e. The fourth-order valence-electron chi connectivity index (χ4n) is 3.32. The Morgan fingerprint density at radius 3 is 2.41 bits per heavy atom. The van der Waals surface area contributed by atoms with Crippen LogP contribution in [0.5, 0.6) is 0 Å². The van der Waals surface area contributed by atoms with Gasteiger partial charge in [0.25, 0.3) is 0 Å². The first-order valence-electron chi connectivity index (χ1n) is 8.37. The highest BCUT2D eigenvalue weighted by molar-refractivity contribution is 5.77. The fourth-order valence-corrected chi connectivity index (χ4v) is 3.32. The van der Waals surface area contributed by atoms with Crippen molar-refractivity contribution in [2.24, 2.45) is 0 Å². The van der Waals surface area contributed by atoms with Crippen LogP contribution in [0.25, 0.3) is 6.08 Å². The zero-order chi connectivity index (χ0) is 15.9. The first-order chi connectivity index (χ1) is 10.6. The van der Waals surface area contributed by atoms with Crippen LogP contribution in [0.1, 0.15) is 39.2 Å². The second-order valence-electron chi connectivity index (χ2n) is 6.28. The predicted octanol–water partition coefficient (Wildman–Crippen LogP) is 3.42. The molecule has 2 atom stereocenters. The summed E-state index contributed by atoms with van der Waals surface area (Å²) in [6.45, 7) is 9.25. The lowest BCUT2D eigenvalue weighted by Gasteiger charge is -2.44. The highest BCUT2D eigenvalue weighted by Crippen LogP contribution is 2.17. The maximum absolute atomic E-state index is 12.2. The molecule has 0 spiro atoms. The van der Waals surface area contributed by atoms with Gasteiger partial charge < -0.3 is 4.90 Å². The minimum absolute atomic E-state index is 0.299. The van der Waals surface area contributed by atoms with Crippen molar-refractivity contribution in [1.82, 2.24) is 9.80 Å². The van der Waals surface area contributed by atoms with Gasteiger partial charge in [0.1, 0.15) is 0 Å². The molecular formula is C19H28N2O. The molecule has 0 saturated carbocycles. The Morgan fingerprint density at radius 1 is 1.18 bits per heavy atom. The van der Waals surface area contributed by atoms with Crippen LogP contribution in [-0.2, 0) is 4.79 Å². The van der Waals surface area contributed by atoms with E-state index in [1.165, 1.54) is 5.56 Å². The molecule has 0 N–H and O–H groups in total. The van der Waals surface area contributed by atoms with Crippen molar-refractivity contribution in [3.05, 3.63) is 42.0 Å². The summed E-state index contributed by atoms with van der Waals surface area (Å²) in [5.41, 5.74) is 1.24. The van der Waals surface area contributed by atoms with E-state index in [0.717, 1.165) is 26.1 Å². The number of carbonyl (C=O) groups excluding carboxylic acids is 1.